The summed E-state index contributed by atoms with van der Waals surface area (Å²) in [6.45, 7) is 3.92. The van der Waals surface area contributed by atoms with Crippen LogP contribution in [0, 0.1) is 0 Å². The maximum Gasteiger partial charge on any atom is 0.161 e. The van der Waals surface area contributed by atoms with Gasteiger partial charge in [-0.3, -0.25) is 0 Å². The first-order valence-corrected chi connectivity index (χ1v) is 13.2. The lowest BCUT2D eigenvalue weighted by atomic mass is 9.88. The topological polar surface area (TPSA) is 43.4 Å². The van der Waals surface area contributed by atoms with Crippen molar-refractivity contribution in [2.75, 3.05) is 61.7 Å². The Bertz CT molecular complexity index is 1220. The lowest BCUT2D eigenvalue weighted by molar-refractivity contribution is 0.294. The Kier molecular flexibility index (Phi) is 11.4. The van der Waals surface area contributed by atoms with E-state index in [9.17, 15) is 0 Å². The van der Waals surface area contributed by atoms with Crippen LogP contribution < -0.4 is 18.9 Å². The molecule has 0 saturated carbocycles. The van der Waals surface area contributed by atoms with Crippen LogP contribution in [0.15, 0.2) is 66.9 Å². The number of methoxy groups -OCH3 is 4. The average molecular weight is 553 g/mol. The molecule has 0 aliphatic carbocycles. The highest BCUT2D eigenvalue weighted by atomic mass is 35.5. The van der Waals surface area contributed by atoms with Crippen LogP contribution in [0.4, 0.5) is 0 Å². The summed E-state index contributed by atoms with van der Waals surface area (Å²) in [5, 5.41) is 0. The molecule has 0 bridgehead atoms. The van der Waals surface area contributed by atoms with Crippen molar-refractivity contribution in [2.24, 2.45) is 0 Å². The van der Waals surface area contributed by atoms with Crippen LogP contribution in [0.1, 0.15) is 34.6 Å². The molecule has 0 aromatic heterocycles. The third-order valence-electron chi connectivity index (χ3n) is 7.26. The van der Waals surface area contributed by atoms with Gasteiger partial charge < -0.3 is 28.7 Å². The number of likely N-dealkylation sites (N-methyl/N-ethyl adjacent to an activating group) is 1. The first-order chi connectivity index (χ1) is 18.6. The first kappa shape index (κ1) is 30.2. The predicted octanol–water partition coefficient (Wildman–Crippen LogP) is 6.13. The molecule has 7 heteroatoms. The molecule has 210 valence electrons. The fourth-order valence-electron chi connectivity index (χ4n) is 5.08. The maximum absolute atomic E-state index is 5.64. The van der Waals surface area contributed by atoms with Gasteiger partial charge in [-0.1, -0.05) is 36.4 Å². The minimum Gasteiger partial charge on any atom is -0.493 e. The van der Waals surface area contributed by atoms with E-state index < -0.39 is 0 Å². The predicted molar refractivity (Wildman–Crippen MR) is 161 cm³/mol. The molecule has 0 radical (unpaired) electrons. The highest BCUT2D eigenvalue weighted by molar-refractivity contribution is 5.85. The van der Waals surface area contributed by atoms with Gasteiger partial charge in [-0.2, -0.15) is 0 Å². The van der Waals surface area contributed by atoms with E-state index in [4.69, 9.17) is 18.9 Å². The summed E-state index contributed by atoms with van der Waals surface area (Å²) in [5.41, 5.74) is 4.99. The molecule has 6 nitrogen and oxygen atoms in total. The number of nitrogens with zero attached hydrogens (tertiary/aromatic N) is 2. The lowest BCUT2D eigenvalue weighted by Crippen LogP contribution is -2.29. The van der Waals surface area contributed by atoms with Gasteiger partial charge in [0.15, 0.2) is 23.0 Å². The second-order valence-corrected chi connectivity index (χ2v) is 9.71. The van der Waals surface area contributed by atoms with Crippen LogP contribution >= 0.6 is 12.4 Å². The van der Waals surface area contributed by atoms with Crippen LogP contribution in [0.5, 0.6) is 23.0 Å². The Morgan fingerprint density at radius 3 is 2.15 bits per heavy atom. The van der Waals surface area contributed by atoms with Crippen LogP contribution in [0.2, 0.25) is 0 Å². The molecule has 0 spiro atoms. The van der Waals surface area contributed by atoms with Gasteiger partial charge in [0.1, 0.15) is 0 Å². The fraction of sp³-hybridized carbons (Fsp3) is 0.375. The van der Waals surface area contributed by atoms with Gasteiger partial charge in [0, 0.05) is 25.6 Å². The summed E-state index contributed by atoms with van der Waals surface area (Å²) >= 11 is 0. The SMILES string of the molecule is COc1ccc(CCN(C)CCCN2C=Cc3cc(OC)c(OC)cc3C(c3ccccc3)C2)cc1OC.Cl. The van der Waals surface area contributed by atoms with Gasteiger partial charge in [-0.15, -0.1) is 12.4 Å². The molecule has 0 N–H and O–H groups in total. The maximum atomic E-state index is 5.64. The molecule has 0 amide bonds. The second-order valence-electron chi connectivity index (χ2n) is 9.71. The van der Waals surface area contributed by atoms with Crippen molar-refractivity contribution in [2.45, 2.75) is 18.8 Å². The zero-order chi connectivity index (χ0) is 26.9. The van der Waals surface area contributed by atoms with Crippen molar-refractivity contribution in [3.05, 3.63) is 89.1 Å². The molecule has 4 rings (SSSR count). The summed E-state index contributed by atoms with van der Waals surface area (Å²) < 4.78 is 22.0. The van der Waals surface area contributed by atoms with E-state index in [1.807, 2.05) is 6.07 Å². The van der Waals surface area contributed by atoms with Gasteiger partial charge in [-0.05, 0) is 85.2 Å². The van der Waals surface area contributed by atoms with Crippen molar-refractivity contribution in [1.82, 2.24) is 9.80 Å². The van der Waals surface area contributed by atoms with Gasteiger partial charge >= 0.3 is 0 Å². The third-order valence-corrected chi connectivity index (χ3v) is 7.26. The summed E-state index contributed by atoms with van der Waals surface area (Å²) in [7, 11) is 8.92. The largest absolute Gasteiger partial charge is 0.493 e. The number of halogens is 1. The monoisotopic (exact) mass is 552 g/mol. The molecule has 3 aromatic carbocycles. The third kappa shape index (κ3) is 7.61. The van der Waals surface area contributed by atoms with E-state index in [1.165, 1.54) is 22.3 Å². The molecule has 0 saturated heterocycles. The second kappa shape index (κ2) is 14.7. The van der Waals surface area contributed by atoms with Crippen LogP contribution in [0.25, 0.3) is 6.08 Å². The molecule has 39 heavy (non-hydrogen) atoms. The van der Waals surface area contributed by atoms with Gasteiger partial charge in [-0.25, -0.2) is 0 Å². The fourth-order valence-corrected chi connectivity index (χ4v) is 5.08. The number of hydrogen-bond donors (Lipinski definition) is 0. The van der Waals surface area contributed by atoms with Gasteiger partial charge in [0.25, 0.3) is 0 Å². The lowest BCUT2D eigenvalue weighted by Gasteiger charge is -2.27. The standard InChI is InChI=1S/C32H40N2O4.ClH/c1-33(18-14-24-12-13-29(35-2)30(20-24)36-3)16-9-17-34-19-15-26-21-31(37-4)32(38-5)22-27(26)28(23-34)25-10-7-6-8-11-25;/h6-8,10-13,15,19-22,28H,9,14,16-18,23H2,1-5H3;1H. The van der Waals surface area contributed by atoms with Gasteiger partial charge in [0.2, 0.25) is 0 Å². The Labute approximate surface area is 239 Å². The van der Waals surface area contributed by atoms with E-state index >= 15 is 0 Å². The molecular weight excluding hydrogens is 512 g/mol. The molecule has 3 aromatic rings. The van der Waals surface area contributed by atoms with Crippen LogP contribution in [-0.4, -0.2) is 71.5 Å². The number of ether oxygens (including phenoxy) is 4. The number of rotatable bonds is 12. The quantitative estimate of drug-likeness (QED) is 0.269. The highest BCUT2D eigenvalue weighted by Gasteiger charge is 2.24. The van der Waals surface area contributed by atoms with Crippen molar-refractivity contribution in [1.29, 1.82) is 0 Å². The first-order valence-electron chi connectivity index (χ1n) is 13.2. The van der Waals surface area contributed by atoms with Crippen molar-refractivity contribution >= 4 is 18.5 Å². The summed E-state index contributed by atoms with van der Waals surface area (Å²) in [6.07, 6.45) is 6.49. The molecule has 1 aliphatic rings. The Morgan fingerprint density at radius 1 is 0.795 bits per heavy atom. The van der Waals surface area contributed by atoms with Crippen molar-refractivity contribution < 1.29 is 18.9 Å². The Hall–Kier alpha value is -3.35. The minimum absolute atomic E-state index is 0. The molecule has 1 atom stereocenters. The van der Waals surface area contributed by atoms with Crippen LogP contribution in [-0.2, 0) is 6.42 Å². The van der Waals surface area contributed by atoms with Gasteiger partial charge in [0.05, 0.1) is 28.4 Å². The molecule has 1 heterocycles. The number of hydrogen-bond acceptors (Lipinski definition) is 6. The summed E-state index contributed by atoms with van der Waals surface area (Å²) in [5.74, 6) is 3.31. The zero-order valence-electron chi connectivity index (χ0n) is 23.7. The minimum atomic E-state index is 0. The summed E-state index contributed by atoms with van der Waals surface area (Å²) in [6, 6.07) is 21.1. The van der Waals surface area contributed by atoms with Crippen molar-refractivity contribution in [3.63, 3.8) is 0 Å². The average Bonchev–Trinajstić information content (AvgIpc) is 3.14. The van der Waals surface area contributed by atoms with Crippen LogP contribution in [0.3, 0.4) is 0 Å². The molecule has 1 unspecified atom stereocenters. The van der Waals surface area contributed by atoms with E-state index in [2.05, 4.69) is 83.7 Å². The number of fused-ring (bicyclic) bond motifs is 1. The molecule has 1 aliphatic heterocycles. The highest BCUT2D eigenvalue weighted by Crippen LogP contribution is 2.39. The van der Waals surface area contributed by atoms with E-state index in [0.717, 1.165) is 62.0 Å². The van der Waals surface area contributed by atoms with E-state index in [1.54, 1.807) is 28.4 Å². The Morgan fingerprint density at radius 2 is 1.46 bits per heavy atom. The van der Waals surface area contributed by atoms with Crippen molar-refractivity contribution in [3.8, 4) is 23.0 Å². The number of benzene rings is 3. The Balaban J connectivity index is 0.00000420. The van der Waals surface area contributed by atoms with E-state index in [-0.39, 0.29) is 18.3 Å². The summed E-state index contributed by atoms with van der Waals surface area (Å²) in [4.78, 5) is 4.84. The zero-order valence-corrected chi connectivity index (χ0v) is 24.5. The van der Waals surface area contributed by atoms with E-state index in [0.29, 0.717) is 0 Å². The molecule has 0 fully saturated rings. The molecular formula is C32H41ClN2O4. The normalized spacial score (nSPS) is 14.3. The smallest absolute Gasteiger partial charge is 0.161 e.